The Morgan fingerprint density at radius 2 is 2.05 bits per heavy atom. The molecule has 0 N–H and O–H groups in total. The van der Waals surface area contributed by atoms with Crippen molar-refractivity contribution >= 4 is 6.03 Å². The largest absolute Gasteiger partial charge is 0.346 e. The van der Waals surface area contributed by atoms with Crippen LogP contribution in [0.15, 0.2) is 12.7 Å². The summed E-state index contributed by atoms with van der Waals surface area (Å²) in [5.74, 6) is -2.92. The standard InChI is InChI=1S/C11H17F2N5O/c1-9(2)16-3-4-17(6-11(12,13)5-16)10(19)18-8-14-7-15-18/h7-9H,3-6H2,1-2H3. The van der Waals surface area contributed by atoms with Gasteiger partial charge in [-0.05, 0) is 13.8 Å². The normalized spacial score (nSPS) is 20.6. The topological polar surface area (TPSA) is 54.3 Å². The molecule has 1 saturated heterocycles. The van der Waals surface area contributed by atoms with Crippen LogP contribution in [-0.4, -0.2) is 68.7 Å². The van der Waals surface area contributed by atoms with Crippen molar-refractivity contribution < 1.29 is 13.6 Å². The van der Waals surface area contributed by atoms with Crippen LogP contribution in [0.4, 0.5) is 13.6 Å². The number of carbonyl (C=O) groups excluding carboxylic acids is 1. The highest BCUT2D eigenvalue weighted by molar-refractivity contribution is 5.75. The van der Waals surface area contributed by atoms with Gasteiger partial charge in [0, 0.05) is 19.1 Å². The highest BCUT2D eigenvalue weighted by Gasteiger charge is 2.39. The van der Waals surface area contributed by atoms with Crippen LogP contribution in [0.1, 0.15) is 13.8 Å². The molecule has 0 aliphatic carbocycles. The Balaban J connectivity index is 2.13. The SMILES string of the molecule is CC(C)N1CCN(C(=O)n2cncn2)CC(F)(F)C1. The van der Waals surface area contributed by atoms with Gasteiger partial charge in [0.2, 0.25) is 0 Å². The van der Waals surface area contributed by atoms with Gasteiger partial charge >= 0.3 is 6.03 Å². The van der Waals surface area contributed by atoms with Gasteiger partial charge in [0.1, 0.15) is 12.7 Å². The zero-order valence-corrected chi connectivity index (χ0v) is 11.0. The first-order chi connectivity index (χ1) is 8.89. The molecule has 0 spiro atoms. The van der Waals surface area contributed by atoms with E-state index >= 15 is 0 Å². The molecule has 6 nitrogen and oxygen atoms in total. The lowest BCUT2D eigenvalue weighted by Crippen LogP contribution is -2.44. The summed E-state index contributed by atoms with van der Waals surface area (Å²) in [6.45, 7) is 3.50. The fourth-order valence-corrected chi connectivity index (χ4v) is 2.09. The van der Waals surface area contributed by atoms with Crippen LogP contribution in [0.25, 0.3) is 0 Å². The lowest BCUT2D eigenvalue weighted by Gasteiger charge is -2.26. The van der Waals surface area contributed by atoms with Gasteiger partial charge in [-0.1, -0.05) is 0 Å². The number of halogens is 2. The first-order valence-electron chi connectivity index (χ1n) is 6.15. The fraction of sp³-hybridized carbons (Fsp3) is 0.727. The summed E-state index contributed by atoms with van der Waals surface area (Å²) in [6.07, 6.45) is 2.42. The second kappa shape index (κ2) is 5.20. The van der Waals surface area contributed by atoms with Crippen molar-refractivity contribution in [3.63, 3.8) is 0 Å². The van der Waals surface area contributed by atoms with Gasteiger partial charge in [-0.3, -0.25) is 4.90 Å². The predicted molar refractivity (Wildman–Crippen MR) is 64.0 cm³/mol. The van der Waals surface area contributed by atoms with Gasteiger partial charge in [-0.2, -0.15) is 9.78 Å². The van der Waals surface area contributed by atoms with E-state index in [2.05, 4.69) is 10.1 Å². The number of hydrogen-bond donors (Lipinski definition) is 0. The number of alkyl halides is 2. The van der Waals surface area contributed by atoms with Crippen molar-refractivity contribution in [2.24, 2.45) is 0 Å². The third-order valence-corrected chi connectivity index (χ3v) is 3.13. The third-order valence-electron chi connectivity index (χ3n) is 3.13. The summed E-state index contributed by atoms with van der Waals surface area (Å²) in [5.41, 5.74) is 0. The number of aromatic nitrogens is 3. The van der Waals surface area contributed by atoms with Crippen LogP contribution in [0, 0.1) is 0 Å². The lowest BCUT2D eigenvalue weighted by molar-refractivity contribution is -0.0370. The molecule has 0 saturated carbocycles. The highest BCUT2D eigenvalue weighted by atomic mass is 19.3. The van der Waals surface area contributed by atoms with Crippen molar-refractivity contribution in [2.75, 3.05) is 26.2 Å². The number of rotatable bonds is 1. The molecule has 8 heteroatoms. The quantitative estimate of drug-likeness (QED) is 0.763. The van der Waals surface area contributed by atoms with Gasteiger partial charge < -0.3 is 4.90 Å². The van der Waals surface area contributed by atoms with Gasteiger partial charge in [0.05, 0.1) is 13.1 Å². The Hall–Kier alpha value is -1.57. The highest BCUT2D eigenvalue weighted by Crippen LogP contribution is 2.22. The zero-order valence-electron chi connectivity index (χ0n) is 11.0. The first kappa shape index (κ1) is 13.9. The molecule has 1 amide bonds. The molecule has 1 fully saturated rings. The number of carbonyl (C=O) groups is 1. The molecule has 2 heterocycles. The summed E-state index contributed by atoms with van der Waals surface area (Å²) in [5, 5.41) is 3.68. The Bertz CT molecular complexity index is 434. The van der Waals surface area contributed by atoms with E-state index in [0.29, 0.717) is 6.54 Å². The summed E-state index contributed by atoms with van der Waals surface area (Å²) in [6, 6.07) is -0.546. The molecule has 0 atom stereocenters. The molecular weight excluding hydrogens is 256 g/mol. The van der Waals surface area contributed by atoms with E-state index in [-0.39, 0.29) is 19.1 Å². The number of nitrogens with zero attached hydrogens (tertiary/aromatic N) is 5. The maximum atomic E-state index is 13.8. The number of hydrogen-bond acceptors (Lipinski definition) is 4. The average Bonchev–Trinajstić information content (AvgIpc) is 2.79. The van der Waals surface area contributed by atoms with Crippen molar-refractivity contribution in [2.45, 2.75) is 25.8 Å². The minimum Gasteiger partial charge on any atom is -0.315 e. The molecule has 0 unspecified atom stereocenters. The van der Waals surface area contributed by atoms with Crippen molar-refractivity contribution in [3.8, 4) is 0 Å². The van der Waals surface area contributed by atoms with E-state index < -0.39 is 18.5 Å². The maximum Gasteiger partial charge on any atom is 0.346 e. The molecule has 0 aromatic carbocycles. The molecule has 1 aliphatic rings. The average molecular weight is 273 g/mol. The van der Waals surface area contributed by atoms with Crippen LogP contribution in [0.2, 0.25) is 0 Å². The van der Waals surface area contributed by atoms with E-state index in [1.165, 1.54) is 12.7 Å². The van der Waals surface area contributed by atoms with Gasteiger partial charge in [0.25, 0.3) is 5.92 Å². The van der Waals surface area contributed by atoms with Crippen LogP contribution >= 0.6 is 0 Å². The minimum absolute atomic E-state index is 0.0206. The molecule has 2 rings (SSSR count). The molecule has 0 radical (unpaired) electrons. The molecule has 0 bridgehead atoms. The van der Waals surface area contributed by atoms with Crippen molar-refractivity contribution in [1.29, 1.82) is 0 Å². The van der Waals surface area contributed by atoms with Crippen LogP contribution in [0.3, 0.4) is 0 Å². The minimum atomic E-state index is -2.92. The van der Waals surface area contributed by atoms with Crippen LogP contribution < -0.4 is 0 Å². The Morgan fingerprint density at radius 1 is 1.32 bits per heavy atom. The molecule has 1 aromatic heterocycles. The summed E-state index contributed by atoms with van der Waals surface area (Å²) >= 11 is 0. The zero-order chi connectivity index (χ0) is 14.0. The van der Waals surface area contributed by atoms with E-state index in [9.17, 15) is 13.6 Å². The van der Waals surface area contributed by atoms with Crippen molar-refractivity contribution in [3.05, 3.63) is 12.7 Å². The second-order valence-electron chi connectivity index (χ2n) is 4.96. The Labute approximate surface area is 110 Å². The van der Waals surface area contributed by atoms with Crippen LogP contribution in [0.5, 0.6) is 0 Å². The molecular formula is C11H17F2N5O. The monoisotopic (exact) mass is 273 g/mol. The molecule has 106 valence electrons. The van der Waals surface area contributed by atoms with E-state index in [1.807, 2.05) is 13.8 Å². The Kier molecular flexibility index (Phi) is 3.79. The van der Waals surface area contributed by atoms with E-state index in [1.54, 1.807) is 4.90 Å². The summed E-state index contributed by atoms with van der Waals surface area (Å²) < 4.78 is 28.7. The van der Waals surface area contributed by atoms with Crippen LogP contribution in [-0.2, 0) is 0 Å². The van der Waals surface area contributed by atoms with Gasteiger partial charge in [-0.25, -0.2) is 18.6 Å². The molecule has 1 aliphatic heterocycles. The van der Waals surface area contributed by atoms with Crippen molar-refractivity contribution in [1.82, 2.24) is 24.6 Å². The number of amides is 1. The van der Waals surface area contributed by atoms with E-state index in [0.717, 1.165) is 9.58 Å². The maximum absolute atomic E-state index is 13.8. The molecule has 1 aromatic rings. The third kappa shape index (κ3) is 3.25. The lowest BCUT2D eigenvalue weighted by atomic mass is 10.2. The fourth-order valence-electron chi connectivity index (χ4n) is 2.09. The summed E-state index contributed by atoms with van der Waals surface area (Å²) in [4.78, 5) is 18.5. The molecule has 19 heavy (non-hydrogen) atoms. The first-order valence-corrected chi connectivity index (χ1v) is 6.15. The summed E-state index contributed by atoms with van der Waals surface area (Å²) in [7, 11) is 0. The Morgan fingerprint density at radius 3 is 2.63 bits per heavy atom. The van der Waals surface area contributed by atoms with Gasteiger partial charge in [-0.15, -0.1) is 0 Å². The van der Waals surface area contributed by atoms with Gasteiger partial charge in [0.15, 0.2) is 0 Å². The van der Waals surface area contributed by atoms with E-state index in [4.69, 9.17) is 0 Å². The second-order valence-corrected chi connectivity index (χ2v) is 4.96. The predicted octanol–water partition coefficient (Wildman–Crippen LogP) is 0.908. The smallest absolute Gasteiger partial charge is 0.315 e.